The minimum absolute atomic E-state index is 0.0184. The lowest BCUT2D eigenvalue weighted by atomic mass is 9.99. The summed E-state index contributed by atoms with van der Waals surface area (Å²) in [5.41, 5.74) is 0. The Hall–Kier alpha value is -1.24. The number of esters is 1. The van der Waals surface area contributed by atoms with Gasteiger partial charge in [-0.2, -0.15) is 0 Å². The van der Waals surface area contributed by atoms with Crippen LogP contribution in [0.2, 0.25) is 0 Å². The Morgan fingerprint density at radius 1 is 1.40 bits per heavy atom. The molecule has 0 aromatic carbocycles. The molecule has 0 aliphatic carbocycles. The van der Waals surface area contributed by atoms with Crippen molar-refractivity contribution in [2.75, 3.05) is 31.8 Å². The number of amides is 2. The first-order valence-electron chi connectivity index (χ1n) is 6.83. The first-order valence-corrected chi connectivity index (χ1v) is 7.99. The summed E-state index contributed by atoms with van der Waals surface area (Å²) in [6.07, 6.45) is 3.03. The minimum Gasteiger partial charge on any atom is -0.469 e. The van der Waals surface area contributed by atoms with E-state index >= 15 is 0 Å². The third-order valence-electron chi connectivity index (χ3n) is 3.73. The Bertz CT molecular complexity index is 402. The number of ether oxygens (including phenoxy) is 1. The van der Waals surface area contributed by atoms with Gasteiger partial charge in [-0.3, -0.25) is 14.4 Å². The van der Waals surface area contributed by atoms with Crippen molar-refractivity contribution < 1.29 is 19.1 Å². The van der Waals surface area contributed by atoms with Crippen molar-refractivity contribution in [1.82, 2.24) is 9.80 Å². The van der Waals surface area contributed by atoms with E-state index < -0.39 is 0 Å². The van der Waals surface area contributed by atoms with Gasteiger partial charge in [0.05, 0.1) is 25.2 Å². The summed E-state index contributed by atoms with van der Waals surface area (Å²) >= 11 is 1.53. The fourth-order valence-corrected chi connectivity index (χ4v) is 3.52. The lowest BCUT2D eigenvalue weighted by molar-refractivity contribution is -0.146. The van der Waals surface area contributed by atoms with Crippen LogP contribution in [0.5, 0.6) is 0 Å². The van der Waals surface area contributed by atoms with Gasteiger partial charge in [0.2, 0.25) is 11.8 Å². The van der Waals surface area contributed by atoms with E-state index in [4.69, 9.17) is 0 Å². The van der Waals surface area contributed by atoms with Gasteiger partial charge in [0.15, 0.2) is 0 Å². The van der Waals surface area contributed by atoms with Crippen LogP contribution in [-0.2, 0) is 19.1 Å². The number of carbonyl (C=O) groups excluding carboxylic acids is 3. The molecule has 2 fully saturated rings. The Kier molecular flexibility index (Phi) is 5.28. The average molecular weight is 300 g/mol. The third kappa shape index (κ3) is 3.65. The molecule has 0 aromatic heterocycles. The first-order chi connectivity index (χ1) is 9.61. The molecule has 0 radical (unpaired) electrons. The smallest absolute Gasteiger partial charge is 0.307 e. The van der Waals surface area contributed by atoms with Gasteiger partial charge in [0.25, 0.3) is 0 Å². The fourth-order valence-electron chi connectivity index (χ4n) is 2.61. The Labute approximate surface area is 122 Å². The van der Waals surface area contributed by atoms with Gasteiger partial charge in [0, 0.05) is 12.6 Å². The number of thioether (sulfide) groups is 1. The lowest BCUT2D eigenvalue weighted by Crippen LogP contribution is -2.49. The van der Waals surface area contributed by atoms with Crippen molar-refractivity contribution in [2.24, 2.45) is 0 Å². The number of carbonyl (C=O) groups is 3. The van der Waals surface area contributed by atoms with Crippen LogP contribution < -0.4 is 0 Å². The van der Waals surface area contributed by atoms with Gasteiger partial charge in [-0.05, 0) is 19.3 Å². The highest BCUT2D eigenvalue weighted by molar-refractivity contribution is 8.00. The molecule has 1 unspecified atom stereocenters. The summed E-state index contributed by atoms with van der Waals surface area (Å²) < 4.78 is 4.69. The van der Waals surface area contributed by atoms with Crippen molar-refractivity contribution in [3.63, 3.8) is 0 Å². The average Bonchev–Trinajstić information content (AvgIpc) is 2.84. The van der Waals surface area contributed by atoms with Gasteiger partial charge in [-0.25, -0.2) is 0 Å². The van der Waals surface area contributed by atoms with Gasteiger partial charge >= 0.3 is 5.97 Å². The van der Waals surface area contributed by atoms with Crippen molar-refractivity contribution in [3.8, 4) is 0 Å². The van der Waals surface area contributed by atoms with Crippen molar-refractivity contribution in [2.45, 2.75) is 31.7 Å². The summed E-state index contributed by atoms with van der Waals surface area (Å²) in [5, 5.41) is 0. The third-order valence-corrected chi connectivity index (χ3v) is 4.67. The zero-order chi connectivity index (χ0) is 14.5. The first kappa shape index (κ1) is 15.2. The predicted octanol–water partition coefficient (Wildman–Crippen LogP) is 0.464. The van der Waals surface area contributed by atoms with Gasteiger partial charge in [-0.1, -0.05) is 0 Å². The van der Waals surface area contributed by atoms with Gasteiger partial charge in [0.1, 0.15) is 6.54 Å². The molecule has 0 N–H and O–H groups in total. The maximum atomic E-state index is 12.4. The van der Waals surface area contributed by atoms with E-state index in [-0.39, 0.29) is 36.8 Å². The van der Waals surface area contributed by atoms with Crippen LogP contribution >= 0.6 is 11.8 Å². The fraction of sp³-hybridized carbons (Fsp3) is 0.769. The van der Waals surface area contributed by atoms with Crippen LogP contribution in [0.3, 0.4) is 0 Å². The van der Waals surface area contributed by atoms with E-state index in [1.165, 1.54) is 18.9 Å². The minimum atomic E-state index is -0.289. The quantitative estimate of drug-likeness (QED) is 0.706. The number of piperidine rings is 1. The molecule has 2 saturated heterocycles. The predicted molar refractivity (Wildman–Crippen MR) is 75.0 cm³/mol. The monoisotopic (exact) mass is 300 g/mol. The molecule has 20 heavy (non-hydrogen) atoms. The van der Waals surface area contributed by atoms with Gasteiger partial charge in [-0.15, -0.1) is 11.8 Å². The van der Waals surface area contributed by atoms with Crippen LogP contribution in [-0.4, -0.2) is 65.5 Å². The molecule has 0 aromatic rings. The summed E-state index contributed by atoms with van der Waals surface area (Å²) in [4.78, 5) is 38.7. The van der Waals surface area contributed by atoms with Crippen LogP contribution in [0, 0.1) is 0 Å². The van der Waals surface area contributed by atoms with E-state index in [2.05, 4.69) is 4.74 Å². The molecule has 2 heterocycles. The second-order valence-electron chi connectivity index (χ2n) is 5.09. The number of rotatable bonds is 4. The number of hydrogen-bond donors (Lipinski definition) is 0. The number of hydrogen-bond acceptors (Lipinski definition) is 5. The van der Waals surface area contributed by atoms with Gasteiger partial charge < -0.3 is 14.5 Å². The van der Waals surface area contributed by atoms with Crippen LogP contribution in [0.1, 0.15) is 25.7 Å². The molecule has 2 aliphatic heterocycles. The van der Waals surface area contributed by atoms with E-state index in [1.807, 2.05) is 0 Å². The molecule has 2 amide bonds. The molecule has 112 valence electrons. The molecule has 6 nitrogen and oxygen atoms in total. The summed E-state index contributed by atoms with van der Waals surface area (Å²) in [5.74, 6) is 0.709. The standard InChI is InChI=1S/C13H20N2O4S/c1-19-13(18)6-10-4-2-3-5-15(10)11(16)7-14-9-20-8-12(14)17/h10H,2-9H2,1H3. The van der Waals surface area contributed by atoms with Crippen LogP contribution in [0.4, 0.5) is 0 Å². The van der Waals surface area contributed by atoms with E-state index in [9.17, 15) is 14.4 Å². The molecule has 7 heteroatoms. The number of methoxy groups -OCH3 is 1. The largest absolute Gasteiger partial charge is 0.469 e. The molecular weight excluding hydrogens is 280 g/mol. The molecule has 2 aliphatic rings. The highest BCUT2D eigenvalue weighted by Gasteiger charge is 2.31. The van der Waals surface area contributed by atoms with E-state index in [0.717, 1.165) is 19.3 Å². The van der Waals surface area contributed by atoms with Crippen molar-refractivity contribution in [3.05, 3.63) is 0 Å². The lowest BCUT2D eigenvalue weighted by Gasteiger charge is -2.36. The molecule has 0 spiro atoms. The molecular formula is C13H20N2O4S. The highest BCUT2D eigenvalue weighted by Crippen LogP contribution is 2.21. The molecule has 0 saturated carbocycles. The zero-order valence-corrected chi connectivity index (χ0v) is 12.5. The van der Waals surface area contributed by atoms with Crippen LogP contribution in [0.25, 0.3) is 0 Å². The Morgan fingerprint density at radius 3 is 2.85 bits per heavy atom. The molecule has 0 bridgehead atoms. The normalized spacial score (nSPS) is 23.1. The second-order valence-corrected chi connectivity index (χ2v) is 6.04. The summed E-state index contributed by atoms with van der Waals surface area (Å²) in [6, 6.07) is -0.0888. The topological polar surface area (TPSA) is 66.9 Å². The van der Waals surface area contributed by atoms with Crippen molar-refractivity contribution >= 4 is 29.5 Å². The number of nitrogens with zero attached hydrogens (tertiary/aromatic N) is 2. The maximum absolute atomic E-state index is 12.4. The summed E-state index contributed by atoms with van der Waals surface area (Å²) in [6.45, 7) is 0.791. The molecule has 1 atom stereocenters. The van der Waals surface area contributed by atoms with Crippen LogP contribution in [0.15, 0.2) is 0 Å². The number of likely N-dealkylation sites (tertiary alicyclic amines) is 1. The molecule has 2 rings (SSSR count). The Balaban J connectivity index is 1.94. The zero-order valence-electron chi connectivity index (χ0n) is 11.7. The van der Waals surface area contributed by atoms with Crippen molar-refractivity contribution in [1.29, 1.82) is 0 Å². The van der Waals surface area contributed by atoms with E-state index in [1.54, 1.807) is 9.80 Å². The Morgan fingerprint density at radius 2 is 2.20 bits per heavy atom. The SMILES string of the molecule is COC(=O)CC1CCCCN1C(=O)CN1CSCC1=O. The highest BCUT2D eigenvalue weighted by atomic mass is 32.2. The second kappa shape index (κ2) is 6.97. The van der Waals surface area contributed by atoms with E-state index in [0.29, 0.717) is 18.2 Å². The maximum Gasteiger partial charge on any atom is 0.307 e. The summed E-state index contributed by atoms with van der Waals surface area (Å²) in [7, 11) is 1.36.